The molecule has 0 aliphatic carbocycles. The number of nitrogens with zero attached hydrogens (tertiary/aromatic N) is 2. The Hall–Kier alpha value is -3.35. The van der Waals surface area contributed by atoms with E-state index in [1.165, 1.54) is 4.57 Å². The number of nitrogens with one attached hydrogen (secondary N) is 1. The van der Waals surface area contributed by atoms with E-state index < -0.39 is 5.69 Å². The number of benzene rings is 3. The minimum Gasteiger partial charge on any atom is -0.352 e. The van der Waals surface area contributed by atoms with Gasteiger partial charge in [-0.25, -0.2) is 4.79 Å². The molecule has 3 aromatic carbocycles. The number of rotatable bonds is 8. The Bertz CT molecular complexity index is 1440. The quantitative estimate of drug-likeness (QED) is 0.387. The van der Waals surface area contributed by atoms with Crippen LogP contribution in [0.1, 0.15) is 24.0 Å². The van der Waals surface area contributed by atoms with E-state index in [-0.39, 0.29) is 24.4 Å². The number of fused-ring (bicyclic) bond motifs is 1. The molecule has 4 rings (SSSR count). The van der Waals surface area contributed by atoms with Crippen LogP contribution in [-0.4, -0.2) is 15.0 Å². The summed E-state index contributed by atoms with van der Waals surface area (Å²) in [5.74, 6) is -0.171. The van der Waals surface area contributed by atoms with Gasteiger partial charge in [0, 0.05) is 29.6 Å². The van der Waals surface area contributed by atoms with Crippen molar-refractivity contribution in [2.75, 3.05) is 0 Å². The van der Waals surface area contributed by atoms with Gasteiger partial charge in [0.2, 0.25) is 5.91 Å². The van der Waals surface area contributed by atoms with E-state index >= 15 is 0 Å². The van der Waals surface area contributed by atoms with Crippen molar-refractivity contribution >= 4 is 40.0 Å². The molecule has 6 nitrogen and oxygen atoms in total. The van der Waals surface area contributed by atoms with Crippen molar-refractivity contribution in [2.45, 2.75) is 32.5 Å². The second-order valence-corrected chi connectivity index (χ2v) is 8.78. The molecule has 0 radical (unpaired) electrons. The maximum absolute atomic E-state index is 13.3. The van der Waals surface area contributed by atoms with Crippen molar-refractivity contribution in [3.63, 3.8) is 0 Å². The zero-order valence-corrected chi connectivity index (χ0v) is 19.9. The fourth-order valence-electron chi connectivity index (χ4n) is 3.81. The largest absolute Gasteiger partial charge is 0.352 e. The predicted molar refractivity (Wildman–Crippen MR) is 136 cm³/mol. The van der Waals surface area contributed by atoms with E-state index in [1.807, 2.05) is 30.3 Å². The molecule has 0 aliphatic heterocycles. The van der Waals surface area contributed by atoms with Gasteiger partial charge in [0.1, 0.15) is 0 Å². The van der Waals surface area contributed by atoms with Crippen LogP contribution < -0.4 is 16.6 Å². The van der Waals surface area contributed by atoms with Gasteiger partial charge in [0.05, 0.1) is 17.4 Å². The third-order valence-electron chi connectivity index (χ3n) is 5.61. The molecule has 1 N–H and O–H groups in total. The smallest absolute Gasteiger partial charge is 0.331 e. The molecule has 0 bridgehead atoms. The lowest BCUT2D eigenvalue weighted by atomic mass is 10.2. The summed E-state index contributed by atoms with van der Waals surface area (Å²) in [6, 6.07) is 21.6. The molecule has 0 unspecified atom stereocenters. The summed E-state index contributed by atoms with van der Waals surface area (Å²) in [5.41, 5.74) is 1.52. The van der Waals surface area contributed by atoms with Crippen LogP contribution in [0.2, 0.25) is 10.0 Å². The summed E-state index contributed by atoms with van der Waals surface area (Å²) in [7, 11) is 0. The molecule has 0 spiro atoms. The number of carbonyl (C=O) groups is 1. The first-order chi connectivity index (χ1) is 16.4. The third kappa shape index (κ3) is 5.41. The molecule has 1 amide bonds. The van der Waals surface area contributed by atoms with E-state index in [1.54, 1.807) is 47.0 Å². The van der Waals surface area contributed by atoms with Crippen molar-refractivity contribution in [3.8, 4) is 0 Å². The van der Waals surface area contributed by atoms with Gasteiger partial charge in [-0.15, -0.1) is 0 Å². The number of hydrogen-bond acceptors (Lipinski definition) is 3. The van der Waals surface area contributed by atoms with E-state index in [0.29, 0.717) is 40.5 Å². The molecule has 34 heavy (non-hydrogen) atoms. The van der Waals surface area contributed by atoms with Crippen LogP contribution in [0.15, 0.2) is 82.4 Å². The molecule has 8 heteroatoms. The van der Waals surface area contributed by atoms with Crippen molar-refractivity contribution in [3.05, 3.63) is 115 Å². The average molecular weight is 496 g/mol. The van der Waals surface area contributed by atoms with Crippen molar-refractivity contribution in [1.29, 1.82) is 0 Å². The fourth-order valence-corrected chi connectivity index (χ4v) is 4.14. The predicted octanol–water partition coefficient (Wildman–Crippen LogP) is 4.61. The maximum atomic E-state index is 13.3. The van der Waals surface area contributed by atoms with Crippen LogP contribution in [0.25, 0.3) is 10.9 Å². The maximum Gasteiger partial charge on any atom is 0.331 e. The summed E-state index contributed by atoms with van der Waals surface area (Å²) in [6.45, 7) is 0.764. The van der Waals surface area contributed by atoms with E-state index in [9.17, 15) is 14.4 Å². The van der Waals surface area contributed by atoms with E-state index in [4.69, 9.17) is 23.2 Å². The molecule has 0 fully saturated rings. The van der Waals surface area contributed by atoms with Gasteiger partial charge >= 0.3 is 5.69 Å². The summed E-state index contributed by atoms with van der Waals surface area (Å²) in [5, 5.41) is 4.49. The molecule has 174 valence electrons. The molecule has 0 atom stereocenters. The van der Waals surface area contributed by atoms with Crippen molar-refractivity contribution in [1.82, 2.24) is 14.5 Å². The molecule has 4 aromatic rings. The van der Waals surface area contributed by atoms with Crippen LogP contribution in [0.4, 0.5) is 0 Å². The van der Waals surface area contributed by atoms with Gasteiger partial charge in [-0.05, 0) is 47.9 Å². The third-order valence-corrected chi connectivity index (χ3v) is 6.23. The topological polar surface area (TPSA) is 73.1 Å². The van der Waals surface area contributed by atoms with E-state index in [2.05, 4.69) is 5.32 Å². The van der Waals surface area contributed by atoms with Crippen LogP contribution in [0.3, 0.4) is 0 Å². The summed E-state index contributed by atoms with van der Waals surface area (Å²) >= 11 is 12.1. The molecule has 1 aromatic heterocycles. The molecule has 0 aliphatic rings. The molecule has 0 saturated carbocycles. The SMILES string of the molecule is O=C(CCCn1c(=O)c2ccccc2n(Cc2ccc(Cl)cc2)c1=O)NCc1ccccc1Cl. The Labute approximate surface area is 206 Å². The Balaban J connectivity index is 1.51. The highest BCUT2D eigenvalue weighted by Crippen LogP contribution is 2.15. The highest BCUT2D eigenvalue weighted by molar-refractivity contribution is 6.31. The summed E-state index contributed by atoms with van der Waals surface area (Å²) < 4.78 is 2.79. The van der Waals surface area contributed by atoms with Crippen LogP contribution in [-0.2, 0) is 24.4 Å². The Morgan fingerprint density at radius 3 is 2.32 bits per heavy atom. The van der Waals surface area contributed by atoms with Gasteiger partial charge in [0.25, 0.3) is 5.56 Å². The number of hydrogen-bond donors (Lipinski definition) is 1. The second kappa shape index (κ2) is 10.7. The first-order valence-electron chi connectivity index (χ1n) is 10.9. The fraction of sp³-hybridized carbons (Fsp3) is 0.192. The van der Waals surface area contributed by atoms with Gasteiger partial charge in [-0.3, -0.25) is 18.7 Å². The monoisotopic (exact) mass is 495 g/mol. The lowest BCUT2D eigenvalue weighted by Crippen LogP contribution is -2.40. The van der Waals surface area contributed by atoms with E-state index in [0.717, 1.165) is 11.1 Å². The Kier molecular flexibility index (Phi) is 7.50. The summed E-state index contributed by atoms with van der Waals surface area (Å²) in [4.78, 5) is 38.6. The van der Waals surface area contributed by atoms with Gasteiger partial charge < -0.3 is 5.32 Å². The van der Waals surface area contributed by atoms with Gasteiger partial charge in [0.15, 0.2) is 0 Å². The number of carbonyl (C=O) groups excluding carboxylic acids is 1. The zero-order valence-electron chi connectivity index (χ0n) is 18.3. The first-order valence-corrected chi connectivity index (χ1v) is 11.7. The highest BCUT2D eigenvalue weighted by Gasteiger charge is 2.14. The molecule has 0 saturated heterocycles. The minimum atomic E-state index is -0.407. The minimum absolute atomic E-state index is 0.141. The highest BCUT2D eigenvalue weighted by atomic mass is 35.5. The standard InChI is InChI=1S/C26H23Cl2N3O3/c27-20-13-11-18(12-14-20)17-31-23-9-4-2-7-21(23)25(33)30(26(31)34)15-5-10-24(32)29-16-19-6-1-3-8-22(19)28/h1-4,6-9,11-14H,5,10,15-17H2,(H,29,32). The van der Waals surface area contributed by atoms with Gasteiger partial charge in [-0.2, -0.15) is 0 Å². The van der Waals surface area contributed by atoms with Gasteiger partial charge in [-0.1, -0.05) is 65.7 Å². The van der Waals surface area contributed by atoms with Crippen LogP contribution in [0, 0.1) is 0 Å². The Morgan fingerprint density at radius 2 is 1.56 bits per heavy atom. The van der Waals surface area contributed by atoms with Crippen LogP contribution in [0.5, 0.6) is 0 Å². The Morgan fingerprint density at radius 1 is 0.853 bits per heavy atom. The second-order valence-electron chi connectivity index (χ2n) is 7.94. The first kappa shape index (κ1) is 23.8. The number of halogens is 2. The number of amides is 1. The zero-order chi connectivity index (χ0) is 24.1. The lowest BCUT2D eigenvalue weighted by Gasteiger charge is -2.14. The number of para-hydroxylation sites is 1. The molecular formula is C26H23Cl2N3O3. The molecule has 1 heterocycles. The molecular weight excluding hydrogens is 473 g/mol. The normalized spacial score (nSPS) is 11.0. The average Bonchev–Trinajstić information content (AvgIpc) is 2.84. The number of aromatic nitrogens is 2. The van der Waals surface area contributed by atoms with Crippen molar-refractivity contribution in [2.24, 2.45) is 0 Å². The lowest BCUT2D eigenvalue weighted by molar-refractivity contribution is -0.121. The summed E-state index contributed by atoms with van der Waals surface area (Å²) in [6.07, 6.45) is 0.531. The van der Waals surface area contributed by atoms with Crippen molar-refractivity contribution < 1.29 is 4.79 Å². The van der Waals surface area contributed by atoms with Crippen LogP contribution >= 0.6 is 23.2 Å².